The molecular weight excluding hydrogens is 476 g/mol. The highest BCUT2D eigenvalue weighted by Gasteiger charge is 2.65. The number of esters is 1. The number of hydrogen-bond donors (Lipinski definition) is 0. The molecule has 7 unspecified atom stereocenters. The van der Waals surface area contributed by atoms with E-state index in [9.17, 15) is 18.0 Å². The normalized spacial score (nSPS) is 38.5. The van der Waals surface area contributed by atoms with Crippen molar-refractivity contribution in [1.29, 1.82) is 0 Å². The summed E-state index contributed by atoms with van der Waals surface area (Å²) in [6.07, 6.45) is 6.36. The van der Waals surface area contributed by atoms with Gasteiger partial charge in [0.25, 0.3) is 10.1 Å². The van der Waals surface area contributed by atoms with Crippen molar-refractivity contribution < 1.29 is 26.9 Å². The third kappa shape index (κ3) is 4.47. The van der Waals surface area contributed by atoms with Gasteiger partial charge in [-0.2, -0.15) is 8.42 Å². The summed E-state index contributed by atoms with van der Waals surface area (Å²) in [5.41, 5.74) is 0.00600. The van der Waals surface area contributed by atoms with Crippen molar-refractivity contribution in [3.63, 3.8) is 0 Å². The molecule has 1 aromatic rings. The Morgan fingerprint density at radius 2 is 1.78 bits per heavy atom. The quantitative estimate of drug-likeness (QED) is 0.276. The van der Waals surface area contributed by atoms with Crippen LogP contribution in [0, 0.1) is 40.9 Å². The van der Waals surface area contributed by atoms with E-state index in [4.69, 9.17) is 8.92 Å². The van der Waals surface area contributed by atoms with Gasteiger partial charge in [-0.25, -0.2) is 4.79 Å². The maximum atomic E-state index is 13.4. The third-order valence-electron chi connectivity index (χ3n) is 10.1. The van der Waals surface area contributed by atoms with Gasteiger partial charge in [-0.15, -0.1) is 6.58 Å². The van der Waals surface area contributed by atoms with Crippen molar-refractivity contribution in [3.8, 4) is 0 Å². The fraction of sp³-hybridized carbons (Fsp3) is 0.655. The van der Waals surface area contributed by atoms with Crippen LogP contribution in [-0.4, -0.2) is 32.9 Å². The Morgan fingerprint density at radius 1 is 1.11 bits per heavy atom. The van der Waals surface area contributed by atoms with E-state index in [1.807, 2.05) is 13.0 Å². The lowest BCUT2D eigenvalue weighted by Crippen LogP contribution is -2.59. The molecule has 3 saturated carbocycles. The Kier molecular flexibility index (Phi) is 7.06. The second-order valence-electron chi connectivity index (χ2n) is 12.1. The first-order valence-corrected chi connectivity index (χ1v) is 14.5. The zero-order valence-electron chi connectivity index (χ0n) is 22.2. The second kappa shape index (κ2) is 9.39. The van der Waals surface area contributed by atoms with E-state index in [1.165, 1.54) is 12.1 Å². The number of aryl methyl sites for hydroxylation is 1. The smallest absolute Gasteiger partial charge is 0.333 e. The van der Waals surface area contributed by atoms with Gasteiger partial charge in [0, 0.05) is 17.8 Å². The monoisotopic (exact) mass is 516 g/mol. The lowest BCUT2D eigenvalue weighted by molar-refractivity contribution is -0.191. The highest BCUT2D eigenvalue weighted by atomic mass is 32.2. The zero-order valence-corrected chi connectivity index (χ0v) is 23.0. The summed E-state index contributed by atoms with van der Waals surface area (Å²) in [6, 6.07) is 6.27. The lowest BCUT2D eigenvalue weighted by Gasteiger charge is -2.60. The van der Waals surface area contributed by atoms with Gasteiger partial charge in [-0.3, -0.25) is 8.98 Å². The molecule has 0 N–H and O–H groups in total. The standard InChI is InChI=1S/C29H40O6S/c1-7-27(5)17-24(35-25(31)18-34-36(32,33)22-10-8-19(2)9-11-22)28(6)20(3)12-14-29(16-21(27)4)15-13-23(30)26(28)29/h7-11,20-21,24,26H,1,12-18H2,2-6H3. The molecule has 0 heterocycles. The molecule has 6 nitrogen and oxygen atoms in total. The zero-order chi connectivity index (χ0) is 26.5. The molecule has 198 valence electrons. The highest BCUT2D eigenvalue weighted by Crippen LogP contribution is 2.67. The van der Waals surface area contributed by atoms with E-state index in [0.717, 1.165) is 31.2 Å². The van der Waals surface area contributed by atoms with Crippen LogP contribution < -0.4 is 0 Å². The largest absolute Gasteiger partial charge is 0.460 e. The molecule has 7 heteroatoms. The van der Waals surface area contributed by atoms with Crippen LogP contribution in [0.25, 0.3) is 0 Å². The Balaban J connectivity index is 1.62. The van der Waals surface area contributed by atoms with Crippen LogP contribution in [0.1, 0.15) is 71.8 Å². The molecule has 0 amide bonds. The van der Waals surface area contributed by atoms with Crippen LogP contribution in [0.2, 0.25) is 0 Å². The van der Waals surface area contributed by atoms with Crippen molar-refractivity contribution in [1.82, 2.24) is 0 Å². The predicted octanol–water partition coefficient (Wildman–Crippen LogP) is 5.64. The average Bonchev–Trinajstić information content (AvgIpc) is 3.16. The minimum atomic E-state index is -4.10. The maximum absolute atomic E-state index is 13.4. The summed E-state index contributed by atoms with van der Waals surface area (Å²) < 4.78 is 36.5. The molecule has 3 aliphatic carbocycles. The van der Waals surface area contributed by atoms with Crippen LogP contribution in [0.15, 0.2) is 41.8 Å². The average molecular weight is 517 g/mol. The van der Waals surface area contributed by atoms with Crippen LogP contribution in [-0.2, 0) is 28.6 Å². The number of carbonyl (C=O) groups is 2. The molecule has 0 radical (unpaired) electrons. The lowest BCUT2D eigenvalue weighted by atomic mass is 9.45. The van der Waals surface area contributed by atoms with Crippen molar-refractivity contribution in [2.75, 3.05) is 6.61 Å². The van der Waals surface area contributed by atoms with E-state index < -0.39 is 34.2 Å². The third-order valence-corrected chi connectivity index (χ3v) is 11.4. The van der Waals surface area contributed by atoms with Gasteiger partial charge < -0.3 is 4.74 Å². The summed E-state index contributed by atoms with van der Waals surface area (Å²) >= 11 is 0. The van der Waals surface area contributed by atoms with Crippen LogP contribution in [0.3, 0.4) is 0 Å². The van der Waals surface area contributed by atoms with Crippen LogP contribution in [0.4, 0.5) is 0 Å². The molecule has 36 heavy (non-hydrogen) atoms. The molecule has 2 bridgehead atoms. The van der Waals surface area contributed by atoms with Gasteiger partial charge in [0.05, 0.1) is 4.90 Å². The van der Waals surface area contributed by atoms with E-state index in [0.29, 0.717) is 12.8 Å². The van der Waals surface area contributed by atoms with E-state index in [-0.39, 0.29) is 39.3 Å². The van der Waals surface area contributed by atoms with Crippen LogP contribution in [0.5, 0.6) is 0 Å². The Morgan fingerprint density at radius 3 is 2.42 bits per heavy atom. The number of benzene rings is 1. The van der Waals surface area contributed by atoms with Gasteiger partial charge in [0.2, 0.25) is 0 Å². The fourth-order valence-corrected chi connectivity index (χ4v) is 8.27. The summed E-state index contributed by atoms with van der Waals surface area (Å²) in [6.45, 7) is 13.9. The molecule has 7 atom stereocenters. The minimum Gasteiger partial charge on any atom is -0.460 e. The predicted molar refractivity (Wildman–Crippen MR) is 138 cm³/mol. The molecule has 3 fully saturated rings. The highest BCUT2D eigenvalue weighted by molar-refractivity contribution is 7.86. The van der Waals surface area contributed by atoms with Crippen LogP contribution >= 0.6 is 0 Å². The number of ketones is 1. The van der Waals surface area contributed by atoms with Gasteiger partial charge in [0.1, 0.15) is 11.9 Å². The topological polar surface area (TPSA) is 86.7 Å². The summed E-state index contributed by atoms with van der Waals surface area (Å²) in [7, 11) is -4.10. The molecule has 0 saturated heterocycles. The number of hydrogen-bond acceptors (Lipinski definition) is 6. The number of ether oxygens (including phenoxy) is 1. The molecule has 0 spiro atoms. The number of Topliss-reactive ketones (excluding diaryl/α,β-unsaturated/α-hetero) is 1. The van der Waals surface area contributed by atoms with Gasteiger partial charge >= 0.3 is 5.97 Å². The second-order valence-corrected chi connectivity index (χ2v) is 13.7. The molecule has 0 aromatic heterocycles. The Labute approximate surface area is 216 Å². The molecule has 1 aromatic carbocycles. The summed E-state index contributed by atoms with van der Waals surface area (Å²) in [5.74, 6) is -0.181. The first-order chi connectivity index (χ1) is 16.8. The maximum Gasteiger partial charge on any atom is 0.333 e. The Hall–Kier alpha value is -1.99. The molecule has 4 rings (SSSR count). The number of rotatable bonds is 6. The number of allylic oxidation sites excluding steroid dienone is 1. The minimum absolute atomic E-state index is 0.00545. The van der Waals surface area contributed by atoms with Crippen molar-refractivity contribution in [2.24, 2.45) is 34.0 Å². The molecule has 0 aliphatic heterocycles. The first-order valence-electron chi connectivity index (χ1n) is 13.1. The van der Waals surface area contributed by atoms with Gasteiger partial charge in [0.15, 0.2) is 6.61 Å². The number of carbonyl (C=O) groups excluding carboxylic acids is 2. The SMILES string of the molecule is C=CC1(C)CC(OC(=O)COS(=O)(=O)c2ccc(C)cc2)C2(C)C(C)CCC3(CCC(=O)C32)CC1C. The summed E-state index contributed by atoms with van der Waals surface area (Å²) in [5, 5.41) is 0. The van der Waals surface area contributed by atoms with E-state index in [1.54, 1.807) is 12.1 Å². The Bertz CT molecular complexity index is 1140. The van der Waals surface area contributed by atoms with E-state index in [2.05, 4.69) is 34.3 Å². The van der Waals surface area contributed by atoms with Crippen molar-refractivity contribution in [3.05, 3.63) is 42.5 Å². The summed E-state index contributed by atoms with van der Waals surface area (Å²) in [4.78, 5) is 26.5. The fourth-order valence-electron chi connectivity index (χ4n) is 7.41. The first kappa shape index (κ1) is 27.1. The van der Waals surface area contributed by atoms with Crippen molar-refractivity contribution in [2.45, 2.75) is 84.1 Å². The van der Waals surface area contributed by atoms with Gasteiger partial charge in [-0.05, 0) is 73.8 Å². The van der Waals surface area contributed by atoms with Gasteiger partial charge in [-0.1, -0.05) is 51.5 Å². The molecule has 3 aliphatic rings. The molecular formula is C29H40O6S. The van der Waals surface area contributed by atoms with E-state index >= 15 is 0 Å². The van der Waals surface area contributed by atoms with Crippen molar-refractivity contribution >= 4 is 21.9 Å².